The Hall–Kier alpha value is -2.56. The minimum atomic E-state index is -0.414. The van der Waals surface area contributed by atoms with Gasteiger partial charge in [0.15, 0.2) is 10.9 Å². The maximum absolute atomic E-state index is 12.7. The molecule has 1 aromatic carbocycles. The molecule has 0 atom stereocenters. The van der Waals surface area contributed by atoms with Crippen LogP contribution in [0.2, 0.25) is 5.02 Å². The van der Waals surface area contributed by atoms with Gasteiger partial charge < -0.3 is 5.73 Å². The van der Waals surface area contributed by atoms with Gasteiger partial charge >= 0.3 is 0 Å². The number of halogens is 1. The Morgan fingerprint density at radius 3 is 2.88 bits per heavy atom. The number of carbonyl (C=O) groups excluding carboxylic acids is 1. The fourth-order valence-corrected chi connectivity index (χ4v) is 3.20. The van der Waals surface area contributed by atoms with E-state index in [9.17, 15) is 9.59 Å². The normalized spacial score (nSPS) is 11.7. The number of hydrogen-bond donors (Lipinski definition) is 1. The van der Waals surface area contributed by atoms with Crippen LogP contribution < -0.4 is 11.3 Å². The molecule has 0 fully saturated rings. The van der Waals surface area contributed by atoms with Gasteiger partial charge in [-0.15, -0.1) is 6.58 Å². The van der Waals surface area contributed by atoms with Gasteiger partial charge in [0, 0.05) is 17.3 Å². The zero-order valence-electron chi connectivity index (χ0n) is 13.5. The highest BCUT2D eigenvalue weighted by atomic mass is 35.5. The van der Waals surface area contributed by atoms with Crippen molar-refractivity contribution in [2.24, 2.45) is 5.73 Å². The van der Waals surface area contributed by atoms with Crippen molar-refractivity contribution in [2.75, 3.05) is 5.75 Å². The number of Topliss-reactive ketones (excluding diaryl/α,β-unsaturated/α-hetero) is 1. The molecule has 0 radical (unpaired) electrons. The van der Waals surface area contributed by atoms with Gasteiger partial charge in [-0.25, -0.2) is 4.98 Å². The highest BCUT2D eigenvalue weighted by molar-refractivity contribution is 7.99. The summed E-state index contributed by atoms with van der Waals surface area (Å²) in [6.45, 7) is 5.37. The Balaban J connectivity index is 2.45. The first-order valence-electron chi connectivity index (χ1n) is 7.22. The zero-order valence-corrected chi connectivity index (χ0v) is 15.0. The van der Waals surface area contributed by atoms with Gasteiger partial charge in [0.2, 0.25) is 0 Å². The molecule has 0 aliphatic rings. The summed E-state index contributed by atoms with van der Waals surface area (Å²) >= 11 is 7.02. The van der Waals surface area contributed by atoms with Gasteiger partial charge in [0.25, 0.3) is 5.56 Å². The predicted molar refractivity (Wildman–Crippen MR) is 99.4 cm³/mol. The third kappa shape index (κ3) is 4.10. The van der Waals surface area contributed by atoms with E-state index in [1.807, 2.05) is 0 Å². The van der Waals surface area contributed by atoms with E-state index in [-0.39, 0.29) is 29.1 Å². The molecule has 0 unspecified atom stereocenters. The molecule has 25 heavy (non-hydrogen) atoms. The molecule has 0 spiro atoms. The molecule has 1 aromatic heterocycles. The molecule has 0 saturated heterocycles. The number of nitriles is 1. The van der Waals surface area contributed by atoms with E-state index in [1.165, 1.54) is 11.5 Å². The van der Waals surface area contributed by atoms with E-state index in [4.69, 9.17) is 22.6 Å². The second-order valence-electron chi connectivity index (χ2n) is 5.14. The second kappa shape index (κ2) is 8.01. The highest BCUT2D eigenvalue weighted by Crippen LogP contribution is 2.21. The molecule has 0 amide bonds. The van der Waals surface area contributed by atoms with Crippen LogP contribution in [0.3, 0.4) is 0 Å². The smallest absolute Gasteiger partial charge is 0.262 e. The lowest BCUT2D eigenvalue weighted by atomic mass is 10.2. The molecule has 2 N–H and O–H groups in total. The largest absolute Gasteiger partial charge is 0.401 e. The lowest BCUT2D eigenvalue weighted by molar-refractivity contribution is -0.112. The molecule has 0 bridgehead atoms. The van der Waals surface area contributed by atoms with Crippen LogP contribution in [0.1, 0.15) is 6.92 Å². The van der Waals surface area contributed by atoms with Crippen molar-refractivity contribution in [3.05, 3.63) is 57.5 Å². The fraction of sp³-hybridized carbons (Fsp3) is 0.176. The number of allylic oxidation sites excluding steroid dienone is 3. The fourth-order valence-electron chi connectivity index (χ4n) is 2.15. The molecule has 128 valence electrons. The summed E-state index contributed by atoms with van der Waals surface area (Å²) in [7, 11) is 0. The lowest BCUT2D eigenvalue weighted by Gasteiger charge is -2.11. The third-order valence-electron chi connectivity index (χ3n) is 3.31. The lowest BCUT2D eigenvalue weighted by Crippen LogP contribution is -2.23. The molecular weight excluding hydrogens is 360 g/mol. The maximum Gasteiger partial charge on any atom is 0.262 e. The first-order chi connectivity index (χ1) is 11.9. The summed E-state index contributed by atoms with van der Waals surface area (Å²) in [6, 6.07) is 6.64. The van der Waals surface area contributed by atoms with Crippen molar-refractivity contribution >= 4 is 40.0 Å². The van der Waals surface area contributed by atoms with Crippen LogP contribution in [0.15, 0.2) is 52.1 Å². The van der Waals surface area contributed by atoms with E-state index in [1.54, 1.807) is 30.3 Å². The number of aromatic nitrogens is 2. The summed E-state index contributed by atoms with van der Waals surface area (Å²) in [5.74, 6) is -0.469. The molecule has 1 heterocycles. The van der Waals surface area contributed by atoms with Crippen molar-refractivity contribution in [2.45, 2.75) is 18.6 Å². The number of fused-ring (bicyclic) bond motifs is 1. The van der Waals surface area contributed by atoms with Gasteiger partial charge in [0.05, 0.1) is 16.7 Å². The van der Waals surface area contributed by atoms with Crippen molar-refractivity contribution in [1.29, 1.82) is 5.26 Å². The Bertz CT molecular complexity index is 985. The molecule has 0 aliphatic carbocycles. The standard InChI is InChI=1S/C17H15ClN4O2S/c1-3-6-22-16(24)12-7-11(18)4-5-14(12)21-17(22)25-9-15(23)13(8-19)10(2)20/h3-5,7H,1,6,9,20H2,2H3/b13-10+. The van der Waals surface area contributed by atoms with Crippen LogP contribution >= 0.6 is 23.4 Å². The first-order valence-corrected chi connectivity index (χ1v) is 8.58. The summed E-state index contributed by atoms with van der Waals surface area (Å²) in [6.07, 6.45) is 1.57. The number of nitrogens with zero attached hydrogens (tertiary/aromatic N) is 3. The number of carbonyl (C=O) groups is 1. The van der Waals surface area contributed by atoms with E-state index in [0.717, 1.165) is 11.8 Å². The summed E-state index contributed by atoms with van der Waals surface area (Å²) in [4.78, 5) is 29.2. The predicted octanol–water partition coefficient (Wildman–Crippen LogP) is 2.65. The molecular formula is C17H15ClN4O2S. The van der Waals surface area contributed by atoms with Gasteiger partial charge in [-0.2, -0.15) is 5.26 Å². The quantitative estimate of drug-likeness (QED) is 0.274. The minimum Gasteiger partial charge on any atom is -0.401 e. The zero-order chi connectivity index (χ0) is 18.6. The number of thioether (sulfide) groups is 1. The Morgan fingerprint density at radius 2 is 2.28 bits per heavy atom. The van der Waals surface area contributed by atoms with Crippen LogP contribution in [0, 0.1) is 11.3 Å². The SMILES string of the molecule is C=CCn1c(SCC(=O)/C(C#N)=C(\C)N)nc2ccc(Cl)cc2c1=O. The third-order valence-corrected chi connectivity index (χ3v) is 4.52. The summed E-state index contributed by atoms with van der Waals surface area (Å²) in [5, 5.41) is 10.2. The van der Waals surface area contributed by atoms with E-state index < -0.39 is 5.78 Å². The Morgan fingerprint density at radius 1 is 1.56 bits per heavy atom. The van der Waals surface area contributed by atoms with Crippen molar-refractivity contribution < 1.29 is 4.79 Å². The second-order valence-corrected chi connectivity index (χ2v) is 6.52. The summed E-state index contributed by atoms with van der Waals surface area (Å²) < 4.78 is 1.41. The van der Waals surface area contributed by atoms with Crippen molar-refractivity contribution in [3.63, 3.8) is 0 Å². The van der Waals surface area contributed by atoms with Crippen LogP contribution in [0.4, 0.5) is 0 Å². The van der Waals surface area contributed by atoms with Crippen molar-refractivity contribution in [3.8, 4) is 6.07 Å². The summed E-state index contributed by atoms with van der Waals surface area (Å²) in [5.41, 5.74) is 5.83. The average Bonchev–Trinajstić information content (AvgIpc) is 2.57. The number of rotatable bonds is 6. The van der Waals surface area contributed by atoms with Gasteiger partial charge in [-0.1, -0.05) is 29.4 Å². The molecule has 0 saturated carbocycles. The number of hydrogen-bond acceptors (Lipinski definition) is 6. The molecule has 8 heteroatoms. The topological polar surface area (TPSA) is 102 Å². The first kappa shape index (κ1) is 18.8. The minimum absolute atomic E-state index is 0.0554. The van der Waals surface area contributed by atoms with Crippen molar-refractivity contribution in [1.82, 2.24) is 9.55 Å². The molecule has 6 nitrogen and oxygen atoms in total. The highest BCUT2D eigenvalue weighted by Gasteiger charge is 2.16. The number of nitrogens with two attached hydrogens (primary N) is 1. The van der Waals surface area contributed by atoms with Crippen LogP contribution in [-0.2, 0) is 11.3 Å². The Kier molecular flexibility index (Phi) is 6.02. The number of benzene rings is 1. The number of ketones is 1. The van der Waals surface area contributed by atoms with Gasteiger partial charge in [-0.05, 0) is 25.1 Å². The van der Waals surface area contributed by atoms with E-state index >= 15 is 0 Å². The van der Waals surface area contributed by atoms with Gasteiger partial charge in [-0.3, -0.25) is 14.2 Å². The van der Waals surface area contributed by atoms with Crippen LogP contribution in [-0.4, -0.2) is 21.1 Å². The maximum atomic E-state index is 12.7. The monoisotopic (exact) mass is 374 g/mol. The van der Waals surface area contributed by atoms with Crippen LogP contribution in [0.25, 0.3) is 10.9 Å². The van der Waals surface area contributed by atoms with Gasteiger partial charge in [0.1, 0.15) is 11.6 Å². The van der Waals surface area contributed by atoms with Crippen LogP contribution in [0.5, 0.6) is 0 Å². The molecule has 2 rings (SSSR count). The average molecular weight is 375 g/mol. The molecule has 0 aliphatic heterocycles. The van der Waals surface area contributed by atoms with E-state index in [0.29, 0.717) is 21.1 Å². The molecule has 2 aromatic rings. The van der Waals surface area contributed by atoms with E-state index in [2.05, 4.69) is 11.6 Å². The Labute approximate surface area is 153 Å².